The van der Waals surface area contributed by atoms with Crippen LogP contribution in [-0.4, -0.2) is 23.8 Å². The van der Waals surface area contributed by atoms with Gasteiger partial charge < -0.3 is 10.1 Å². The second-order valence-electron chi connectivity index (χ2n) is 7.04. The van der Waals surface area contributed by atoms with Gasteiger partial charge in [0.25, 0.3) is 5.91 Å². The molecule has 1 aliphatic heterocycles. The lowest BCUT2D eigenvalue weighted by molar-refractivity contribution is -0.116. The third kappa shape index (κ3) is 4.19. The number of ether oxygens (including phenoxy) is 1. The Bertz CT molecular complexity index is 1080. The van der Waals surface area contributed by atoms with E-state index in [-0.39, 0.29) is 17.2 Å². The Morgan fingerprint density at radius 3 is 2.50 bits per heavy atom. The van der Waals surface area contributed by atoms with Gasteiger partial charge in [0.1, 0.15) is 17.7 Å². The number of rotatable bonds is 5. The molecule has 2 amide bonds. The van der Waals surface area contributed by atoms with E-state index in [0.29, 0.717) is 17.9 Å². The number of nitrogens with zero attached hydrogens (tertiary/aromatic N) is 1. The lowest BCUT2D eigenvalue weighted by Crippen LogP contribution is -2.37. The van der Waals surface area contributed by atoms with E-state index in [0.717, 1.165) is 21.8 Å². The fourth-order valence-corrected chi connectivity index (χ4v) is 4.65. The highest BCUT2D eigenvalue weighted by Gasteiger charge is 2.33. The second-order valence-corrected chi connectivity index (χ2v) is 8.26. The number of amides is 2. The molecule has 1 aliphatic rings. The minimum Gasteiger partial charge on any atom is -0.490 e. The van der Waals surface area contributed by atoms with Gasteiger partial charge in [-0.15, -0.1) is 0 Å². The van der Waals surface area contributed by atoms with E-state index in [9.17, 15) is 9.59 Å². The quantitative estimate of drug-likeness (QED) is 0.625. The van der Waals surface area contributed by atoms with E-state index in [1.807, 2.05) is 67.6 Å². The Morgan fingerprint density at radius 1 is 1.03 bits per heavy atom. The number of carbonyl (C=O) groups excluding carboxylic acids is 2. The van der Waals surface area contributed by atoms with Crippen molar-refractivity contribution >= 4 is 35.0 Å². The number of benzene rings is 3. The Kier molecular flexibility index (Phi) is 5.77. The fourth-order valence-electron chi connectivity index (χ4n) is 3.41. The summed E-state index contributed by atoms with van der Waals surface area (Å²) in [4.78, 5) is 27.4. The molecular weight excluding hydrogens is 396 g/mol. The van der Waals surface area contributed by atoms with Gasteiger partial charge in [0.15, 0.2) is 0 Å². The van der Waals surface area contributed by atoms with Crippen LogP contribution in [0.15, 0.2) is 77.7 Å². The monoisotopic (exact) mass is 418 g/mol. The summed E-state index contributed by atoms with van der Waals surface area (Å²) in [6.45, 7) is 3.87. The number of anilines is 2. The molecule has 0 aromatic heterocycles. The zero-order valence-electron chi connectivity index (χ0n) is 16.8. The second kappa shape index (κ2) is 8.63. The molecule has 1 N–H and O–H groups in total. The third-order valence-corrected chi connectivity index (χ3v) is 6.11. The van der Waals surface area contributed by atoms with Crippen molar-refractivity contribution in [3.8, 4) is 5.75 Å². The van der Waals surface area contributed by atoms with Gasteiger partial charge >= 0.3 is 0 Å². The van der Waals surface area contributed by atoms with E-state index in [1.165, 1.54) is 0 Å². The molecule has 3 aromatic rings. The fraction of sp³-hybridized carbons (Fsp3) is 0.167. The molecule has 1 heterocycles. The van der Waals surface area contributed by atoms with E-state index in [1.54, 1.807) is 35.7 Å². The number of hydrogen-bond acceptors (Lipinski definition) is 4. The standard InChI is InChI=1S/C24H22N2O3S/c1-16-14-19(12-13-20(16)25-24(28)18-8-4-3-5-9-18)29-15-23-26(17(2)27)21-10-6-7-11-22(21)30-23/h3-14,23H,15H2,1-2H3,(H,25,28). The Hall–Kier alpha value is -3.25. The van der Waals surface area contributed by atoms with Gasteiger partial charge in [-0.2, -0.15) is 0 Å². The maximum atomic E-state index is 12.4. The highest BCUT2D eigenvalue weighted by atomic mass is 32.2. The molecule has 30 heavy (non-hydrogen) atoms. The minimum absolute atomic E-state index is 0.00352. The number of fused-ring (bicyclic) bond motifs is 1. The third-order valence-electron chi connectivity index (χ3n) is 4.89. The van der Waals surface area contributed by atoms with Gasteiger partial charge in [-0.1, -0.05) is 42.1 Å². The van der Waals surface area contributed by atoms with Crippen LogP contribution in [0.4, 0.5) is 11.4 Å². The summed E-state index contributed by atoms with van der Waals surface area (Å²) < 4.78 is 6.00. The van der Waals surface area contributed by atoms with Crippen LogP contribution < -0.4 is 15.0 Å². The van der Waals surface area contributed by atoms with Crippen LogP contribution in [0, 0.1) is 6.92 Å². The van der Waals surface area contributed by atoms with E-state index in [2.05, 4.69) is 5.32 Å². The van der Waals surface area contributed by atoms with E-state index < -0.39 is 0 Å². The first-order valence-electron chi connectivity index (χ1n) is 9.68. The molecular formula is C24H22N2O3S. The summed E-state index contributed by atoms with van der Waals surface area (Å²) in [7, 11) is 0. The Balaban J connectivity index is 1.42. The summed E-state index contributed by atoms with van der Waals surface area (Å²) in [6, 6.07) is 22.5. The predicted molar refractivity (Wildman–Crippen MR) is 120 cm³/mol. The average molecular weight is 419 g/mol. The average Bonchev–Trinajstić information content (AvgIpc) is 3.13. The van der Waals surface area contributed by atoms with Gasteiger partial charge in [-0.25, -0.2) is 0 Å². The van der Waals surface area contributed by atoms with Crippen molar-refractivity contribution in [3.05, 3.63) is 83.9 Å². The Labute approximate surface area is 180 Å². The van der Waals surface area contributed by atoms with Crippen molar-refractivity contribution in [1.29, 1.82) is 0 Å². The first-order chi connectivity index (χ1) is 14.5. The van der Waals surface area contributed by atoms with Gasteiger partial charge in [-0.3, -0.25) is 14.5 Å². The summed E-state index contributed by atoms with van der Waals surface area (Å²) in [5.74, 6) is 0.547. The molecule has 5 nitrogen and oxygen atoms in total. The molecule has 6 heteroatoms. The first-order valence-corrected chi connectivity index (χ1v) is 10.6. The van der Waals surface area contributed by atoms with E-state index in [4.69, 9.17) is 4.74 Å². The number of para-hydroxylation sites is 1. The molecule has 4 rings (SSSR count). The van der Waals surface area contributed by atoms with Crippen molar-refractivity contribution in [2.45, 2.75) is 24.1 Å². The molecule has 152 valence electrons. The maximum Gasteiger partial charge on any atom is 0.255 e. The van der Waals surface area contributed by atoms with Crippen LogP contribution in [0.25, 0.3) is 0 Å². The van der Waals surface area contributed by atoms with E-state index >= 15 is 0 Å². The van der Waals surface area contributed by atoms with Crippen molar-refractivity contribution in [2.75, 3.05) is 16.8 Å². The minimum atomic E-state index is -0.149. The van der Waals surface area contributed by atoms with Crippen molar-refractivity contribution in [2.24, 2.45) is 0 Å². The Morgan fingerprint density at radius 2 is 1.77 bits per heavy atom. The van der Waals surface area contributed by atoms with Crippen molar-refractivity contribution in [3.63, 3.8) is 0 Å². The topological polar surface area (TPSA) is 58.6 Å². The molecule has 1 atom stereocenters. The van der Waals surface area contributed by atoms with Crippen LogP contribution in [0.5, 0.6) is 5.75 Å². The largest absolute Gasteiger partial charge is 0.490 e. The number of thioether (sulfide) groups is 1. The molecule has 0 radical (unpaired) electrons. The highest BCUT2D eigenvalue weighted by molar-refractivity contribution is 8.00. The van der Waals surface area contributed by atoms with Gasteiger partial charge in [0, 0.05) is 23.1 Å². The highest BCUT2D eigenvalue weighted by Crippen LogP contribution is 2.43. The maximum absolute atomic E-state index is 12.4. The summed E-state index contributed by atoms with van der Waals surface area (Å²) in [5.41, 5.74) is 3.19. The van der Waals surface area contributed by atoms with Gasteiger partial charge in [0.05, 0.1) is 5.69 Å². The molecule has 0 bridgehead atoms. The molecule has 0 aliphatic carbocycles. The first kappa shape index (κ1) is 20.0. The number of aryl methyl sites for hydroxylation is 1. The van der Waals surface area contributed by atoms with Crippen molar-refractivity contribution in [1.82, 2.24) is 0 Å². The molecule has 0 saturated heterocycles. The number of hydrogen-bond donors (Lipinski definition) is 1. The van der Waals surface area contributed by atoms with Crippen LogP contribution in [0.3, 0.4) is 0 Å². The molecule has 0 spiro atoms. The van der Waals surface area contributed by atoms with Crippen LogP contribution in [0.2, 0.25) is 0 Å². The van der Waals surface area contributed by atoms with Gasteiger partial charge in [0.2, 0.25) is 5.91 Å². The van der Waals surface area contributed by atoms with Crippen LogP contribution >= 0.6 is 11.8 Å². The normalized spacial score (nSPS) is 14.9. The number of nitrogens with one attached hydrogen (secondary N) is 1. The van der Waals surface area contributed by atoms with Crippen molar-refractivity contribution < 1.29 is 14.3 Å². The smallest absolute Gasteiger partial charge is 0.255 e. The van der Waals surface area contributed by atoms with Gasteiger partial charge in [-0.05, 0) is 55.0 Å². The SMILES string of the molecule is CC(=O)N1c2ccccc2SC1COc1ccc(NC(=O)c2ccccc2)c(C)c1. The van der Waals surface area contributed by atoms with Crippen LogP contribution in [0.1, 0.15) is 22.8 Å². The lowest BCUT2D eigenvalue weighted by Gasteiger charge is -2.23. The summed E-state index contributed by atoms with van der Waals surface area (Å²) >= 11 is 1.63. The predicted octanol–water partition coefficient (Wildman–Crippen LogP) is 5.11. The zero-order chi connectivity index (χ0) is 21.1. The zero-order valence-corrected chi connectivity index (χ0v) is 17.6. The summed E-state index contributed by atoms with van der Waals surface area (Å²) in [5, 5.41) is 2.82. The molecule has 3 aromatic carbocycles. The van der Waals surface area contributed by atoms with Crippen LogP contribution in [-0.2, 0) is 4.79 Å². The number of carbonyl (C=O) groups is 2. The molecule has 1 unspecified atom stereocenters. The molecule has 0 saturated carbocycles. The summed E-state index contributed by atoms with van der Waals surface area (Å²) in [6.07, 6.45) is 0. The lowest BCUT2D eigenvalue weighted by atomic mass is 10.1. The molecule has 0 fully saturated rings.